The Hall–Kier alpha value is -2.16. The predicted molar refractivity (Wildman–Crippen MR) is 72.9 cm³/mol. The van der Waals surface area contributed by atoms with E-state index in [4.69, 9.17) is 15.2 Å². The number of ether oxygens (including phenoxy) is 2. The zero-order valence-electron chi connectivity index (χ0n) is 10.6. The molecule has 0 saturated heterocycles. The Balaban J connectivity index is 2.06. The lowest BCUT2D eigenvalue weighted by Gasteiger charge is -2.10. The first-order chi connectivity index (χ1) is 8.69. The summed E-state index contributed by atoms with van der Waals surface area (Å²) in [6.45, 7) is 2.48. The first-order valence-electron chi connectivity index (χ1n) is 5.81. The second-order valence-corrected chi connectivity index (χ2v) is 4.18. The van der Waals surface area contributed by atoms with Crippen LogP contribution in [0, 0.1) is 6.92 Å². The van der Waals surface area contributed by atoms with Gasteiger partial charge in [-0.15, -0.1) is 0 Å². The maximum atomic E-state index is 5.89. The molecule has 2 N–H and O–H groups in total. The molecule has 0 aliphatic carbocycles. The zero-order valence-corrected chi connectivity index (χ0v) is 10.6. The van der Waals surface area contributed by atoms with Gasteiger partial charge in [0.25, 0.3) is 0 Å². The standard InChI is InChI=1S/C15H17NO2/c1-11-6-7-15(14(16)8-11)18-10-12-4-3-5-13(9-12)17-2/h3-9H,10,16H2,1-2H3. The molecular formula is C15H17NO2. The van der Waals surface area contributed by atoms with Gasteiger partial charge in [-0.25, -0.2) is 0 Å². The maximum Gasteiger partial charge on any atom is 0.142 e. The van der Waals surface area contributed by atoms with Crippen LogP contribution in [0.15, 0.2) is 42.5 Å². The summed E-state index contributed by atoms with van der Waals surface area (Å²) >= 11 is 0. The van der Waals surface area contributed by atoms with Gasteiger partial charge in [-0.1, -0.05) is 18.2 Å². The largest absolute Gasteiger partial charge is 0.497 e. The van der Waals surface area contributed by atoms with Gasteiger partial charge >= 0.3 is 0 Å². The first-order valence-corrected chi connectivity index (χ1v) is 5.81. The van der Waals surface area contributed by atoms with Gasteiger partial charge in [-0.2, -0.15) is 0 Å². The Morgan fingerprint density at radius 2 is 1.94 bits per heavy atom. The van der Waals surface area contributed by atoms with Crippen LogP contribution in [-0.2, 0) is 6.61 Å². The molecule has 0 aromatic heterocycles. The fraction of sp³-hybridized carbons (Fsp3) is 0.200. The van der Waals surface area contributed by atoms with Crippen molar-refractivity contribution < 1.29 is 9.47 Å². The van der Waals surface area contributed by atoms with E-state index in [0.717, 1.165) is 16.9 Å². The molecule has 0 fully saturated rings. The number of benzene rings is 2. The van der Waals surface area contributed by atoms with Crippen LogP contribution in [0.4, 0.5) is 5.69 Å². The molecule has 0 atom stereocenters. The van der Waals surface area contributed by atoms with Gasteiger partial charge in [-0.05, 0) is 42.3 Å². The van der Waals surface area contributed by atoms with Crippen molar-refractivity contribution in [3.8, 4) is 11.5 Å². The summed E-state index contributed by atoms with van der Waals surface area (Å²) in [6, 6.07) is 13.6. The van der Waals surface area contributed by atoms with Crippen LogP contribution < -0.4 is 15.2 Å². The highest BCUT2D eigenvalue weighted by atomic mass is 16.5. The predicted octanol–water partition coefficient (Wildman–Crippen LogP) is 3.16. The molecule has 18 heavy (non-hydrogen) atoms. The van der Waals surface area contributed by atoms with Crippen molar-refractivity contribution in [2.45, 2.75) is 13.5 Å². The van der Waals surface area contributed by atoms with Crippen molar-refractivity contribution in [3.63, 3.8) is 0 Å². The van der Waals surface area contributed by atoms with Gasteiger partial charge in [0.15, 0.2) is 0 Å². The monoisotopic (exact) mass is 243 g/mol. The minimum Gasteiger partial charge on any atom is -0.497 e. The fourth-order valence-corrected chi connectivity index (χ4v) is 1.72. The maximum absolute atomic E-state index is 5.89. The van der Waals surface area contributed by atoms with Gasteiger partial charge in [0, 0.05) is 0 Å². The van der Waals surface area contributed by atoms with E-state index >= 15 is 0 Å². The van der Waals surface area contributed by atoms with Gasteiger partial charge in [-0.3, -0.25) is 0 Å². The van der Waals surface area contributed by atoms with Crippen molar-refractivity contribution in [2.75, 3.05) is 12.8 Å². The normalized spacial score (nSPS) is 10.1. The lowest BCUT2D eigenvalue weighted by molar-refractivity contribution is 0.307. The van der Waals surface area contributed by atoms with E-state index in [-0.39, 0.29) is 0 Å². The lowest BCUT2D eigenvalue weighted by Crippen LogP contribution is -1.99. The summed E-state index contributed by atoms with van der Waals surface area (Å²) in [5.74, 6) is 1.54. The van der Waals surface area contributed by atoms with E-state index in [0.29, 0.717) is 18.0 Å². The average molecular weight is 243 g/mol. The molecule has 94 valence electrons. The van der Waals surface area contributed by atoms with E-state index in [1.165, 1.54) is 0 Å². The van der Waals surface area contributed by atoms with Crippen LogP contribution in [0.3, 0.4) is 0 Å². The number of aryl methyl sites for hydroxylation is 1. The molecule has 0 radical (unpaired) electrons. The second-order valence-electron chi connectivity index (χ2n) is 4.18. The average Bonchev–Trinajstić information content (AvgIpc) is 2.38. The SMILES string of the molecule is COc1cccc(COc2ccc(C)cc2N)c1. The van der Waals surface area contributed by atoms with Crippen LogP contribution in [0.5, 0.6) is 11.5 Å². The van der Waals surface area contributed by atoms with E-state index < -0.39 is 0 Å². The molecule has 0 unspecified atom stereocenters. The Kier molecular flexibility index (Phi) is 3.72. The molecule has 0 aliphatic rings. The first kappa shape index (κ1) is 12.3. The van der Waals surface area contributed by atoms with Crippen LogP contribution in [0.1, 0.15) is 11.1 Å². The number of methoxy groups -OCH3 is 1. The highest BCUT2D eigenvalue weighted by Gasteiger charge is 2.02. The summed E-state index contributed by atoms with van der Waals surface area (Å²) in [7, 11) is 1.65. The number of hydrogen-bond acceptors (Lipinski definition) is 3. The van der Waals surface area contributed by atoms with Crippen LogP contribution in [0.2, 0.25) is 0 Å². The molecule has 0 heterocycles. The van der Waals surface area contributed by atoms with E-state index in [1.54, 1.807) is 7.11 Å². The number of hydrogen-bond donors (Lipinski definition) is 1. The minimum atomic E-state index is 0.477. The number of nitrogens with two attached hydrogens (primary N) is 1. The summed E-state index contributed by atoms with van der Waals surface area (Å²) < 4.78 is 10.9. The highest BCUT2D eigenvalue weighted by Crippen LogP contribution is 2.23. The van der Waals surface area contributed by atoms with Crippen molar-refractivity contribution in [2.24, 2.45) is 0 Å². The summed E-state index contributed by atoms with van der Waals surface area (Å²) in [4.78, 5) is 0. The van der Waals surface area contributed by atoms with Crippen molar-refractivity contribution >= 4 is 5.69 Å². The molecule has 0 aliphatic heterocycles. The molecule has 0 spiro atoms. The van der Waals surface area contributed by atoms with E-state index in [2.05, 4.69) is 0 Å². The topological polar surface area (TPSA) is 44.5 Å². The van der Waals surface area contributed by atoms with Crippen molar-refractivity contribution in [1.29, 1.82) is 0 Å². The number of nitrogen functional groups attached to an aromatic ring is 1. The number of anilines is 1. The molecule has 2 rings (SSSR count). The Bertz CT molecular complexity index is 538. The molecule has 3 heteroatoms. The summed E-state index contributed by atoms with van der Waals surface area (Å²) in [5.41, 5.74) is 8.73. The zero-order chi connectivity index (χ0) is 13.0. The summed E-state index contributed by atoms with van der Waals surface area (Å²) in [6.07, 6.45) is 0. The van der Waals surface area contributed by atoms with Gasteiger partial charge in [0.1, 0.15) is 18.1 Å². The summed E-state index contributed by atoms with van der Waals surface area (Å²) in [5, 5.41) is 0. The fourth-order valence-electron chi connectivity index (χ4n) is 1.72. The van der Waals surface area contributed by atoms with Crippen LogP contribution in [0.25, 0.3) is 0 Å². The third kappa shape index (κ3) is 2.94. The third-order valence-electron chi connectivity index (χ3n) is 2.69. The molecule has 3 nitrogen and oxygen atoms in total. The molecule has 0 saturated carbocycles. The van der Waals surface area contributed by atoms with Crippen LogP contribution in [-0.4, -0.2) is 7.11 Å². The van der Waals surface area contributed by atoms with Crippen molar-refractivity contribution in [3.05, 3.63) is 53.6 Å². The van der Waals surface area contributed by atoms with Gasteiger partial charge in [0.05, 0.1) is 12.8 Å². The quantitative estimate of drug-likeness (QED) is 0.839. The van der Waals surface area contributed by atoms with E-state index in [9.17, 15) is 0 Å². The molecule has 2 aromatic rings. The van der Waals surface area contributed by atoms with Gasteiger partial charge < -0.3 is 15.2 Å². The third-order valence-corrected chi connectivity index (χ3v) is 2.69. The Morgan fingerprint density at radius 3 is 2.67 bits per heavy atom. The molecule has 0 amide bonds. The van der Waals surface area contributed by atoms with Crippen LogP contribution >= 0.6 is 0 Å². The van der Waals surface area contributed by atoms with Gasteiger partial charge in [0.2, 0.25) is 0 Å². The Morgan fingerprint density at radius 1 is 1.11 bits per heavy atom. The Labute approximate surface area is 107 Å². The smallest absolute Gasteiger partial charge is 0.142 e. The highest BCUT2D eigenvalue weighted by molar-refractivity contribution is 5.54. The van der Waals surface area contributed by atoms with E-state index in [1.807, 2.05) is 49.4 Å². The lowest BCUT2D eigenvalue weighted by atomic mass is 10.2. The van der Waals surface area contributed by atoms with Crippen molar-refractivity contribution in [1.82, 2.24) is 0 Å². The molecule has 0 bridgehead atoms. The number of rotatable bonds is 4. The second kappa shape index (κ2) is 5.45. The minimum absolute atomic E-state index is 0.477. The molecular weight excluding hydrogens is 226 g/mol. The molecule has 2 aromatic carbocycles.